The van der Waals surface area contributed by atoms with Gasteiger partial charge in [0.1, 0.15) is 5.75 Å². The minimum atomic E-state index is -0.547. The number of benzene rings is 2. The second-order valence-electron chi connectivity index (χ2n) is 6.48. The highest BCUT2D eigenvalue weighted by Gasteiger charge is 2.28. The molecule has 0 bridgehead atoms. The van der Waals surface area contributed by atoms with Crippen LogP contribution in [0.4, 0.5) is 5.69 Å². The topological polar surface area (TPSA) is 67.4 Å². The highest BCUT2D eigenvalue weighted by Crippen LogP contribution is 2.28. The van der Waals surface area contributed by atoms with Gasteiger partial charge in [-0.15, -0.1) is 0 Å². The molecule has 1 aliphatic heterocycles. The molecule has 2 aromatic carbocycles. The largest absolute Gasteiger partial charge is 0.480 e. The Hall–Kier alpha value is -2.82. The average molecular weight is 352 g/mol. The first-order valence-corrected chi connectivity index (χ1v) is 9.07. The fraction of sp³-hybridized carbons (Fsp3) is 0.333. The standard InChI is InChI=1S/C21H24N2O3/c1-3-16(4-2)22-20(24)15-9-7-10-17(12-15)23-21(25)19-13-14-8-5-6-11-18(14)26-19/h5-12,16,19H,3-4,13H2,1-2H3,(H,22,24)(H,23,25). The Morgan fingerprint density at radius 3 is 2.62 bits per heavy atom. The van der Waals surface area contributed by atoms with E-state index in [2.05, 4.69) is 10.6 Å². The number of nitrogens with one attached hydrogen (secondary N) is 2. The maximum absolute atomic E-state index is 12.5. The zero-order chi connectivity index (χ0) is 18.5. The lowest BCUT2D eigenvalue weighted by Gasteiger charge is -2.15. The molecule has 0 saturated carbocycles. The molecule has 1 atom stereocenters. The first kappa shape index (κ1) is 18.0. The van der Waals surface area contributed by atoms with Crippen molar-refractivity contribution in [2.45, 2.75) is 45.3 Å². The Labute approximate surface area is 153 Å². The van der Waals surface area contributed by atoms with Gasteiger partial charge in [0.15, 0.2) is 6.10 Å². The Morgan fingerprint density at radius 1 is 1.12 bits per heavy atom. The summed E-state index contributed by atoms with van der Waals surface area (Å²) < 4.78 is 5.71. The maximum atomic E-state index is 12.5. The summed E-state index contributed by atoms with van der Waals surface area (Å²) in [5.41, 5.74) is 2.16. The van der Waals surface area contributed by atoms with Crippen molar-refractivity contribution in [3.63, 3.8) is 0 Å². The summed E-state index contributed by atoms with van der Waals surface area (Å²) in [4.78, 5) is 24.9. The first-order valence-electron chi connectivity index (χ1n) is 9.07. The van der Waals surface area contributed by atoms with Crippen molar-refractivity contribution in [1.29, 1.82) is 0 Å². The quantitative estimate of drug-likeness (QED) is 0.835. The number of amides is 2. The second-order valence-corrected chi connectivity index (χ2v) is 6.48. The predicted molar refractivity (Wildman–Crippen MR) is 101 cm³/mol. The molecule has 5 heteroatoms. The molecule has 0 radical (unpaired) electrons. The maximum Gasteiger partial charge on any atom is 0.265 e. The average Bonchev–Trinajstić information content (AvgIpc) is 3.10. The fourth-order valence-electron chi connectivity index (χ4n) is 3.05. The van der Waals surface area contributed by atoms with Crippen LogP contribution in [0.15, 0.2) is 48.5 Å². The van der Waals surface area contributed by atoms with Crippen LogP contribution in [0.3, 0.4) is 0 Å². The van der Waals surface area contributed by atoms with Gasteiger partial charge in [-0.25, -0.2) is 0 Å². The molecule has 0 spiro atoms. The van der Waals surface area contributed by atoms with E-state index in [9.17, 15) is 9.59 Å². The van der Waals surface area contributed by atoms with E-state index < -0.39 is 6.10 Å². The van der Waals surface area contributed by atoms with Gasteiger partial charge in [-0.3, -0.25) is 9.59 Å². The van der Waals surface area contributed by atoms with E-state index in [-0.39, 0.29) is 17.9 Å². The summed E-state index contributed by atoms with van der Waals surface area (Å²) in [7, 11) is 0. The van der Waals surface area contributed by atoms with Crippen LogP contribution in [-0.4, -0.2) is 24.0 Å². The Morgan fingerprint density at radius 2 is 1.88 bits per heavy atom. The molecule has 26 heavy (non-hydrogen) atoms. The number of fused-ring (bicyclic) bond motifs is 1. The smallest absolute Gasteiger partial charge is 0.265 e. The van der Waals surface area contributed by atoms with Crippen molar-refractivity contribution >= 4 is 17.5 Å². The van der Waals surface area contributed by atoms with E-state index in [1.54, 1.807) is 24.3 Å². The fourth-order valence-corrected chi connectivity index (χ4v) is 3.05. The van der Waals surface area contributed by atoms with Crippen LogP contribution in [0.25, 0.3) is 0 Å². The van der Waals surface area contributed by atoms with Crippen LogP contribution in [0.2, 0.25) is 0 Å². The van der Waals surface area contributed by atoms with Crippen molar-refractivity contribution in [1.82, 2.24) is 5.32 Å². The van der Waals surface area contributed by atoms with Gasteiger partial charge in [0.05, 0.1) is 0 Å². The Bertz CT molecular complexity index is 774. The number of carbonyl (C=O) groups excluding carboxylic acids is 2. The highest BCUT2D eigenvalue weighted by molar-refractivity contribution is 5.98. The molecule has 2 aromatic rings. The molecule has 2 amide bonds. The molecule has 2 N–H and O–H groups in total. The molecular weight excluding hydrogens is 328 g/mol. The zero-order valence-electron chi connectivity index (χ0n) is 15.1. The van der Waals surface area contributed by atoms with Crippen LogP contribution in [0.5, 0.6) is 5.75 Å². The molecule has 5 nitrogen and oxygen atoms in total. The van der Waals surface area contributed by atoms with Crippen molar-refractivity contribution in [2.75, 3.05) is 5.32 Å². The molecule has 1 unspecified atom stereocenters. The van der Waals surface area contributed by atoms with Gasteiger partial charge in [-0.2, -0.15) is 0 Å². The molecule has 0 aromatic heterocycles. The lowest BCUT2D eigenvalue weighted by molar-refractivity contribution is -0.122. The number of para-hydroxylation sites is 1. The lowest BCUT2D eigenvalue weighted by atomic mass is 10.1. The van der Waals surface area contributed by atoms with Gasteiger partial charge in [0, 0.05) is 23.7 Å². The van der Waals surface area contributed by atoms with Gasteiger partial charge in [-0.05, 0) is 42.7 Å². The van der Waals surface area contributed by atoms with Crippen LogP contribution in [0.1, 0.15) is 42.6 Å². The summed E-state index contributed by atoms with van der Waals surface area (Å²) in [6, 6.07) is 14.8. The number of ether oxygens (including phenoxy) is 1. The third-order valence-corrected chi connectivity index (χ3v) is 4.65. The molecule has 1 heterocycles. The molecule has 0 saturated heterocycles. The van der Waals surface area contributed by atoms with Crippen LogP contribution >= 0.6 is 0 Å². The van der Waals surface area contributed by atoms with Gasteiger partial charge in [0.2, 0.25) is 0 Å². The molecule has 0 fully saturated rings. The first-order chi connectivity index (χ1) is 12.6. The monoisotopic (exact) mass is 352 g/mol. The number of rotatable bonds is 6. The summed E-state index contributed by atoms with van der Waals surface area (Å²) >= 11 is 0. The van der Waals surface area contributed by atoms with Gasteiger partial charge >= 0.3 is 0 Å². The number of hydrogen-bond acceptors (Lipinski definition) is 3. The number of carbonyl (C=O) groups is 2. The van der Waals surface area contributed by atoms with E-state index in [1.807, 2.05) is 38.1 Å². The summed E-state index contributed by atoms with van der Waals surface area (Å²) in [5.74, 6) is 0.420. The predicted octanol–water partition coefficient (Wildman–Crippen LogP) is 3.55. The van der Waals surface area contributed by atoms with Crippen molar-refractivity contribution in [2.24, 2.45) is 0 Å². The van der Waals surface area contributed by atoms with Crippen molar-refractivity contribution in [3.8, 4) is 5.75 Å². The second kappa shape index (κ2) is 8.04. The highest BCUT2D eigenvalue weighted by atomic mass is 16.5. The SMILES string of the molecule is CCC(CC)NC(=O)c1cccc(NC(=O)C2Cc3ccccc3O2)c1. The van der Waals surface area contributed by atoms with Crippen molar-refractivity contribution in [3.05, 3.63) is 59.7 Å². The van der Waals surface area contributed by atoms with E-state index in [1.165, 1.54) is 0 Å². The summed E-state index contributed by atoms with van der Waals surface area (Å²) in [6.07, 6.45) is 1.78. The van der Waals surface area contributed by atoms with Crippen LogP contribution in [-0.2, 0) is 11.2 Å². The van der Waals surface area contributed by atoms with Crippen molar-refractivity contribution < 1.29 is 14.3 Å². The molecule has 0 aliphatic carbocycles. The number of anilines is 1. The minimum Gasteiger partial charge on any atom is -0.480 e. The third-order valence-electron chi connectivity index (χ3n) is 4.65. The van der Waals surface area contributed by atoms with E-state index in [0.717, 1.165) is 24.2 Å². The van der Waals surface area contributed by atoms with Crippen LogP contribution in [0, 0.1) is 0 Å². The Kier molecular flexibility index (Phi) is 5.56. The van der Waals surface area contributed by atoms with E-state index in [0.29, 0.717) is 17.7 Å². The summed E-state index contributed by atoms with van der Waals surface area (Å²) in [5, 5.41) is 5.86. The molecule has 136 valence electrons. The van der Waals surface area contributed by atoms with E-state index in [4.69, 9.17) is 4.74 Å². The molecular formula is C21H24N2O3. The number of hydrogen-bond donors (Lipinski definition) is 2. The van der Waals surface area contributed by atoms with Gasteiger partial charge < -0.3 is 15.4 Å². The minimum absolute atomic E-state index is 0.126. The normalized spacial score (nSPS) is 15.3. The summed E-state index contributed by atoms with van der Waals surface area (Å²) in [6.45, 7) is 4.09. The van der Waals surface area contributed by atoms with E-state index >= 15 is 0 Å². The zero-order valence-corrected chi connectivity index (χ0v) is 15.1. The third kappa shape index (κ3) is 4.04. The van der Waals surface area contributed by atoms with Gasteiger partial charge in [-0.1, -0.05) is 38.1 Å². The molecule has 1 aliphatic rings. The van der Waals surface area contributed by atoms with Crippen LogP contribution < -0.4 is 15.4 Å². The molecule has 3 rings (SSSR count). The lowest BCUT2D eigenvalue weighted by Crippen LogP contribution is -2.34. The van der Waals surface area contributed by atoms with Gasteiger partial charge in [0.25, 0.3) is 11.8 Å². The Balaban J connectivity index is 1.64.